The molecule has 0 fully saturated rings. The molecule has 0 amide bonds. The van der Waals surface area contributed by atoms with Crippen molar-refractivity contribution in [1.29, 1.82) is 0 Å². The van der Waals surface area contributed by atoms with E-state index in [1.807, 2.05) is 30.3 Å². The van der Waals surface area contributed by atoms with Crippen LogP contribution in [0.25, 0.3) is 0 Å². The normalized spacial score (nSPS) is 8.81. The molecule has 0 saturated carbocycles. The van der Waals surface area contributed by atoms with Gasteiger partial charge in [-0.05, 0) is 18.6 Å². The van der Waals surface area contributed by atoms with Crippen LogP contribution in [-0.4, -0.2) is 22.2 Å². The Kier molecular flexibility index (Phi) is 7.89. The molecule has 0 unspecified atom stereocenters. The monoisotopic (exact) mass is 244 g/mol. The largest absolute Gasteiger partial charge is 0.481 e. The topological polar surface area (TPSA) is 74.6 Å². The van der Waals surface area contributed by atoms with Gasteiger partial charge in [0.05, 0.1) is 0 Å². The lowest BCUT2D eigenvalue weighted by Gasteiger charge is -1.89. The van der Waals surface area contributed by atoms with Crippen LogP contribution in [-0.2, 0) is 9.59 Å². The molecule has 0 aliphatic rings. The number of carboxylic acids is 2. The minimum absolute atomic E-state index is 0.0632. The van der Waals surface area contributed by atoms with Crippen LogP contribution in [0.15, 0.2) is 30.3 Å². The molecule has 0 spiro atoms. The van der Waals surface area contributed by atoms with Crippen molar-refractivity contribution in [2.24, 2.45) is 0 Å². The van der Waals surface area contributed by atoms with E-state index in [2.05, 4.69) is 0 Å². The van der Waals surface area contributed by atoms with Crippen molar-refractivity contribution >= 4 is 23.5 Å². The van der Waals surface area contributed by atoms with Gasteiger partial charge in [-0.25, -0.2) is 0 Å². The van der Waals surface area contributed by atoms with E-state index in [9.17, 15) is 9.59 Å². The summed E-state index contributed by atoms with van der Waals surface area (Å²) in [4.78, 5) is 19.6. The van der Waals surface area contributed by atoms with Crippen LogP contribution in [0.2, 0.25) is 5.02 Å². The van der Waals surface area contributed by atoms with Crippen LogP contribution in [0.5, 0.6) is 0 Å². The zero-order valence-corrected chi connectivity index (χ0v) is 9.35. The lowest BCUT2D eigenvalue weighted by atomic mass is 10.2. The molecule has 0 heterocycles. The van der Waals surface area contributed by atoms with Gasteiger partial charge in [0.2, 0.25) is 0 Å². The maximum atomic E-state index is 9.79. The molecule has 0 aromatic heterocycles. The second-order valence-corrected chi connectivity index (χ2v) is 3.37. The first-order valence-corrected chi connectivity index (χ1v) is 5.04. The third kappa shape index (κ3) is 10.5. The molecule has 2 N–H and O–H groups in total. The molecule has 0 atom stereocenters. The highest BCUT2D eigenvalue weighted by molar-refractivity contribution is 6.30. The Labute approximate surface area is 98.5 Å². The number of benzene rings is 1. The highest BCUT2D eigenvalue weighted by Crippen LogP contribution is 2.03. The van der Waals surface area contributed by atoms with E-state index in [4.69, 9.17) is 21.8 Å². The van der Waals surface area contributed by atoms with Gasteiger partial charge < -0.3 is 10.2 Å². The van der Waals surface area contributed by atoms with Crippen LogP contribution in [0.1, 0.15) is 19.3 Å². The van der Waals surface area contributed by atoms with E-state index in [-0.39, 0.29) is 19.3 Å². The molecule has 1 aromatic carbocycles. The Bertz CT molecular complexity index is 310. The van der Waals surface area contributed by atoms with Crippen LogP contribution < -0.4 is 0 Å². The summed E-state index contributed by atoms with van der Waals surface area (Å²) >= 11 is 5.54. The summed E-state index contributed by atoms with van der Waals surface area (Å²) in [6.07, 6.45) is 0.0866. The van der Waals surface area contributed by atoms with Crippen molar-refractivity contribution in [3.8, 4) is 0 Å². The fourth-order valence-electron chi connectivity index (χ4n) is 0.806. The van der Waals surface area contributed by atoms with Crippen molar-refractivity contribution in [2.75, 3.05) is 0 Å². The maximum absolute atomic E-state index is 9.79. The molecule has 1 aromatic rings. The van der Waals surface area contributed by atoms with Crippen LogP contribution in [0, 0.1) is 0 Å². The molecule has 0 aliphatic heterocycles. The summed E-state index contributed by atoms with van der Waals surface area (Å²) in [5.74, 6) is -1.90. The zero-order valence-electron chi connectivity index (χ0n) is 8.60. The van der Waals surface area contributed by atoms with Gasteiger partial charge in [0.25, 0.3) is 0 Å². The summed E-state index contributed by atoms with van der Waals surface area (Å²) in [5.41, 5.74) is 0. The third-order valence-electron chi connectivity index (χ3n) is 1.51. The predicted molar refractivity (Wildman–Crippen MR) is 60.6 cm³/mol. The Morgan fingerprint density at radius 2 is 1.44 bits per heavy atom. The van der Waals surface area contributed by atoms with Gasteiger partial charge in [-0.15, -0.1) is 0 Å². The zero-order chi connectivity index (χ0) is 12.4. The third-order valence-corrected chi connectivity index (χ3v) is 1.77. The van der Waals surface area contributed by atoms with Crippen molar-refractivity contribution < 1.29 is 19.8 Å². The van der Waals surface area contributed by atoms with Gasteiger partial charge >= 0.3 is 11.9 Å². The molecular weight excluding hydrogens is 232 g/mol. The van der Waals surface area contributed by atoms with E-state index >= 15 is 0 Å². The Hall–Kier alpha value is -1.55. The van der Waals surface area contributed by atoms with E-state index < -0.39 is 11.9 Å². The number of rotatable bonds is 4. The molecule has 0 aliphatic carbocycles. The summed E-state index contributed by atoms with van der Waals surface area (Å²) in [6.45, 7) is 0. The highest BCUT2D eigenvalue weighted by Gasteiger charge is 1.99. The fourth-order valence-corrected chi connectivity index (χ4v) is 0.951. The molecular formula is C11H13ClO4. The number of carbonyl (C=O) groups is 2. The quantitative estimate of drug-likeness (QED) is 0.854. The van der Waals surface area contributed by atoms with Gasteiger partial charge in [-0.1, -0.05) is 29.8 Å². The van der Waals surface area contributed by atoms with Crippen LogP contribution in [0.3, 0.4) is 0 Å². The van der Waals surface area contributed by atoms with Crippen LogP contribution in [0.4, 0.5) is 0 Å². The summed E-state index contributed by atoms with van der Waals surface area (Å²) < 4.78 is 0. The van der Waals surface area contributed by atoms with Gasteiger partial charge in [0, 0.05) is 17.9 Å². The minimum atomic E-state index is -0.948. The smallest absolute Gasteiger partial charge is 0.303 e. The SMILES string of the molecule is Clc1ccccc1.O=C(O)CCCC(=O)O. The Morgan fingerprint density at radius 1 is 1.00 bits per heavy atom. The molecule has 5 heteroatoms. The number of hydrogen-bond donors (Lipinski definition) is 2. The van der Waals surface area contributed by atoms with E-state index in [0.29, 0.717) is 0 Å². The lowest BCUT2D eigenvalue weighted by Crippen LogP contribution is -1.98. The highest BCUT2D eigenvalue weighted by atomic mass is 35.5. The average molecular weight is 245 g/mol. The number of aliphatic carboxylic acids is 2. The molecule has 0 radical (unpaired) electrons. The van der Waals surface area contributed by atoms with Crippen LogP contribution >= 0.6 is 11.6 Å². The van der Waals surface area contributed by atoms with Crippen molar-refractivity contribution in [1.82, 2.24) is 0 Å². The summed E-state index contributed by atoms with van der Waals surface area (Å²) in [7, 11) is 0. The van der Waals surface area contributed by atoms with E-state index in [0.717, 1.165) is 5.02 Å². The van der Waals surface area contributed by atoms with Gasteiger partial charge in [-0.3, -0.25) is 9.59 Å². The van der Waals surface area contributed by atoms with E-state index in [1.165, 1.54) is 0 Å². The van der Waals surface area contributed by atoms with E-state index in [1.54, 1.807) is 0 Å². The fraction of sp³-hybridized carbons (Fsp3) is 0.273. The lowest BCUT2D eigenvalue weighted by molar-refractivity contribution is -0.138. The molecule has 0 bridgehead atoms. The summed E-state index contributed by atoms with van der Waals surface area (Å²) in [6, 6.07) is 9.44. The van der Waals surface area contributed by atoms with Gasteiger partial charge in [0.1, 0.15) is 0 Å². The predicted octanol–water partition coefficient (Wildman–Crippen LogP) is 2.67. The average Bonchev–Trinajstić information content (AvgIpc) is 2.18. The standard InChI is InChI=1S/C6H5Cl.C5H8O4/c7-6-4-2-1-3-5-6;6-4(7)2-1-3-5(8)9/h1-5H;1-3H2,(H,6,7)(H,8,9). The number of hydrogen-bond acceptors (Lipinski definition) is 2. The van der Waals surface area contributed by atoms with Gasteiger partial charge in [0.15, 0.2) is 0 Å². The Morgan fingerprint density at radius 3 is 1.69 bits per heavy atom. The molecule has 0 saturated heterocycles. The minimum Gasteiger partial charge on any atom is -0.481 e. The molecule has 88 valence electrons. The molecule has 16 heavy (non-hydrogen) atoms. The maximum Gasteiger partial charge on any atom is 0.303 e. The first kappa shape index (κ1) is 14.5. The molecule has 4 nitrogen and oxygen atoms in total. The Balaban J connectivity index is 0.000000288. The second-order valence-electron chi connectivity index (χ2n) is 2.94. The van der Waals surface area contributed by atoms with Gasteiger partial charge in [-0.2, -0.15) is 0 Å². The van der Waals surface area contributed by atoms with Crippen molar-refractivity contribution in [3.63, 3.8) is 0 Å². The number of carboxylic acid groups (broad SMARTS) is 2. The summed E-state index contributed by atoms with van der Waals surface area (Å²) in [5, 5.41) is 16.9. The van der Waals surface area contributed by atoms with Crippen molar-refractivity contribution in [2.45, 2.75) is 19.3 Å². The first-order valence-electron chi connectivity index (χ1n) is 4.66. The second kappa shape index (κ2) is 8.73. The number of halogens is 1. The first-order chi connectivity index (χ1) is 7.52. The van der Waals surface area contributed by atoms with Crippen molar-refractivity contribution in [3.05, 3.63) is 35.4 Å². The molecule has 1 rings (SSSR count).